The van der Waals surface area contributed by atoms with Gasteiger partial charge in [0, 0.05) is 6.54 Å². The molecule has 1 aromatic rings. The van der Waals surface area contributed by atoms with Gasteiger partial charge >= 0.3 is 5.97 Å². The molecule has 130 valence electrons. The molecule has 2 aliphatic rings. The predicted octanol–water partition coefficient (Wildman–Crippen LogP) is 2.33. The smallest absolute Gasteiger partial charge is 0.341 e. The van der Waals surface area contributed by atoms with E-state index in [1.54, 1.807) is 36.4 Å². The van der Waals surface area contributed by atoms with Gasteiger partial charge in [-0.25, -0.2) is 17.9 Å². The number of carboxylic acid groups (broad SMARTS) is 1. The summed E-state index contributed by atoms with van der Waals surface area (Å²) in [5, 5.41) is 8.69. The summed E-state index contributed by atoms with van der Waals surface area (Å²) in [7, 11) is -3.62. The van der Waals surface area contributed by atoms with Gasteiger partial charge in [0.05, 0.1) is 16.7 Å². The molecule has 0 amide bonds. The zero-order valence-corrected chi connectivity index (χ0v) is 13.8. The Balaban J connectivity index is 1.76. The Bertz CT molecular complexity index is 948. The molecule has 1 heterocycles. The first-order valence-electron chi connectivity index (χ1n) is 7.36. The SMILES string of the molecule is O=C(O)COc1occc2c(CNS(=O)(=O)c3ccccc3)ccc1-2. The van der Waals surface area contributed by atoms with E-state index in [-0.39, 0.29) is 17.4 Å². The Morgan fingerprint density at radius 3 is 2.56 bits per heavy atom. The first-order chi connectivity index (χ1) is 12.0. The van der Waals surface area contributed by atoms with Gasteiger partial charge < -0.3 is 14.3 Å². The Hall–Kier alpha value is -2.84. The summed E-state index contributed by atoms with van der Waals surface area (Å²) in [4.78, 5) is 10.8. The maximum absolute atomic E-state index is 12.3. The van der Waals surface area contributed by atoms with E-state index in [1.165, 1.54) is 18.4 Å². The van der Waals surface area contributed by atoms with E-state index >= 15 is 0 Å². The van der Waals surface area contributed by atoms with Crippen LogP contribution in [0, 0.1) is 0 Å². The minimum Gasteiger partial charge on any atom is -0.479 e. The van der Waals surface area contributed by atoms with E-state index in [0.29, 0.717) is 5.56 Å². The highest BCUT2D eigenvalue weighted by atomic mass is 32.2. The Kier molecular flexibility index (Phi) is 4.73. The van der Waals surface area contributed by atoms with Crippen LogP contribution in [0.2, 0.25) is 0 Å². The van der Waals surface area contributed by atoms with E-state index in [0.717, 1.165) is 11.1 Å². The van der Waals surface area contributed by atoms with Crippen molar-refractivity contribution in [2.24, 2.45) is 0 Å². The fraction of sp³-hybridized carbons (Fsp3) is 0.118. The number of carbonyl (C=O) groups is 1. The summed E-state index contributed by atoms with van der Waals surface area (Å²) in [6, 6.07) is 13.2. The zero-order chi connectivity index (χ0) is 17.9. The van der Waals surface area contributed by atoms with Crippen LogP contribution >= 0.6 is 0 Å². The molecule has 3 rings (SSSR count). The second kappa shape index (κ2) is 6.96. The number of benzene rings is 1. The van der Waals surface area contributed by atoms with Gasteiger partial charge in [-0.1, -0.05) is 24.3 Å². The number of hydrogen-bond acceptors (Lipinski definition) is 5. The maximum Gasteiger partial charge on any atom is 0.341 e. The quantitative estimate of drug-likeness (QED) is 0.669. The summed E-state index contributed by atoms with van der Waals surface area (Å²) in [6.45, 7) is -0.438. The van der Waals surface area contributed by atoms with E-state index in [1.807, 2.05) is 0 Å². The molecule has 0 bridgehead atoms. The molecule has 0 radical (unpaired) electrons. The molecule has 0 saturated carbocycles. The first kappa shape index (κ1) is 17.0. The van der Waals surface area contributed by atoms with Gasteiger partial charge in [-0.2, -0.15) is 0 Å². The second-order valence-corrected chi connectivity index (χ2v) is 6.98. The number of aliphatic carboxylic acids is 1. The van der Waals surface area contributed by atoms with Crippen LogP contribution in [0.5, 0.6) is 5.95 Å². The number of fused-ring (bicyclic) bond motifs is 1. The van der Waals surface area contributed by atoms with Crippen molar-refractivity contribution in [3.8, 4) is 17.1 Å². The fourth-order valence-corrected chi connectivity index (χ4v) is 3.42. The lowest BCUT2D eigenvalue weighted by molar-refractivity contribution is -0.139. The van der Waals surface area contributed by atoms with Gasteiger partial charge in [-0.15, -0.1) is 0 Å². The molecular weight excluding hydrogens is 346 g/mol. The van der Waals surface area contributed by atoms with Crippen molar-refractivity contribution in [3.05, 3.63) is 60.4 Å². The van der Waals surface area contributed by atoms with Crippen molar-refractivity contribution in [1.82, 2.24) is 4.72 Å². The molecule has 8 heteroatoms. The van der Waals surface area contributed by atoms with Gasteiger partial charge in [0.2, 0.25) is 10.0 Å². The molecular formula is C17H15NO6S. The molecule has 1 aliphatic heterocycles. The van der Waals surface area contributed by atoms with Gasteiger partial charge in [0.15, 0.2) is 6.61 Å². The van der Waals surface area contributed by atoms with E-state index in [2.05, 4.69) is 4.72 Å². The minimum absolute atomic E-state index is 0.0806. The third-order valence-corrected chi connectivity index (χ3v) is 4.97. The van der Waals surface area contributed by atoms with Crippen molar-refractivity contribution in [3.63, 3.8) is 0 Å². The minimum atomic E-state index is -3.62. The molecule has 1 aromatic carbocycles. The van der Waals surface area contributed by atoms with Crippen LogP contribution in [0.3, 0.4) is 0 Å². The lowest BCUT2D eigenvalue weighted by Gasteiger charge is -2.10. The highest BCUT2D eigenvalue weighted by molar-refractivity contribution is 7.89. The largest absolute Gasteiger partial charge is 0.479 e. The highest BCUT2D eigenvalue weighted by Crippen LogP contribution is 2.36. The van der Waals surface area contributed by atoms with Crippen LogP contribution in [0.15, 0.2) is 64.1 Å². The standard InChI is InChI=1S/C17H15NO6S/c19-16(20)11-24-17-15-7-6-12(14(15)8-9-23-17)10-18-25(21,22)13-4-2-1-3-5-13/h1-9,18H,10-11H2,(H,19,20). The van der Waals surface area contributed by atoms with Crippen molar-refractivity contribution in [2.75, 3.05) is 6.61 Å². The van der Waals surface area contributed by atoms with Crippen molar-refractivity contribution in [1.29, 1.82) is 0 Å². The van der Waals surface area contributed by atoms with Crippen LogP contribution in [0.1, 0.15) is 5.56 Å². The molecule has 0 unspecified atom stereocenters. The molecule has 0 saturated heterocycles. The van der Waals surface area contributed by atoms with Crippen LogP contribution in [-0.4, -0.2) is 26.1 Å². The van der Waals surface area contributed by atoms with Gasteiger partial charge in [0.1, 0.15) is 0 Å². The third kappa shape index (κ3) is 3.81. The normalized spacial score (nSPS) is 11.5. The number of hydrogen-bond donors (Lipinski definition) is 2. The average molecular weight is 361 g/mol. The molecule has 0 spiro atoms. The average Bonchev–Trinajstić information content (AvgIpc) is 3.03. The molecule has 0 fully saturated rings. The maximum atomic E-state index is 12.3. The zero-order valence-electron chi connectivity index (χ0n) is 13.0. The van der Waals surface area contributed by atoms with Crippen LogP contribution in [-0.2, 0) is 21.4 Å². The number of carboxylic acids is 1. The molecule has 25 heavy (non-hydrogen) atoms. The molecule has 0 atom stereocenters. The van der Waals surface area contributed by atoms with Crippen molar-refractivity contribution < 1.29 is 27.5 Å². The van der Waals surface area contributed by atoms with Gasteiger partial charge in [0.25, 0.3) is 5.95 Å². The van der Waals surface area contributed by atoms with E-state index in [4.69, 9.17) is 14.3 Å². The van der Waals surface area contributed by atoms with E-state index < -0.39 is 22.6 Å². The van der Waals surface area contributed by atoms with Crippen molar-refractivity contribution in [2.45, 2.75) is 11.4 Å². The topological polar surface area (TPSA) is 106 Å². The number of ether oxygens (including phenoxy) is 1. The summed E-state index contributed by atoms with van der Waals surface area (Å²) in [5.74, 6) is -1.04. The molecule has 2 N–H and O–H groups in total. The lowest BCUT2D eigenvalue weighted by atomic mass is 10.1. The Morgan fingerprint density at radius 1 is 1.08 bits per heavy atom. The molecule has 7 nitrogen and oxygen atoms in total. The molecule has 1 aliphatic carbocycles. The monoisotopic (exact) mass is 361 g/mol. The lowest BCUT2D eigenvalue weighted by Crippen LogP contribution is -2.23. The Morgan fingerprint density at radius 2 is 1.84 bits per heavy atom. The summed E-state index contributed by atoms with van der Waals surface area (Å²) < 4.78 is 37.4. The number of sulfonamides is 1. The van der Waals surface area contributed by atoms with Gasteiger partial charge in [-0.05, 0) is 35.4 Å². The number of nitrogens with one attached hydrogen (secondary N) is 1. The first-order valence-corrected chi connectivity index (χ1v) is 8.84. The van der Waals surface area contributed by atoms with Gasteiger partial charge in [-0.3, -0.25) is 0 Å². The summed E-state index contributed by atoms with van der Waals surface area (Å²) in [6.07, 6.45) is 1.37. The Labute approximate surface area is 144 Å². The predicted molar refractivity (Wildman–Crippen MR) is 88.9 cm³/mol. The number of rotatable bonds is 7. The summed E-state index contributed by atoms with van der Waals surface area (Å²) >= 11 is 0. The van der Waals surface area contributed by atoms with E-state index in [9.17, 15) is 13.2 Å². The highest BCUT2D eigenvalue weighted by Gasteiger charge is 2.19. The van der Waals surface area contributed by atoms with Crippen molar-refractivity contribution >= 4 is 16.0 Å². The summed E-state index contributed by atoms with van der Waals surface area (Å²) in [5.41, 5.74) is 2.03. The fourth-order valence-electron chi connectivity index (χ4n) is 2.39. The van der Waals surface area contributed by atoms with Crippen LogP contribution in [0.25, 0.3) is 11.1 Å². The third-order valence-electron chi connectivity index (χ3n) is 3.55. The van der Waals surface area contributed by atoms with Crippen LogP contribution in [0.4, 0.5) is 0 Å². The second-order valence-electron chi connectivity index (χ2n) is 5.21. The van der Waals surface area contributed by atoms with Crippen LogP contribution < -0.4 is 9.46 Å². The molecule has 0 aromatic heterocycles.